The Bertz CT molecular complexity index is 729. The minimum Gasteiger partial charge on any atom is -0.394 e. The van der Waals surface area contributed by atoms with Crippen LogP contribution in [0.2, 0.25) is 0 Å². The van der Waals surface area contributed by atoms with E-state index in [-0.39, 0.29) is 18.4 Å². The van der Waals surface area contributed by atoms with Gasteiger partial charge in [0.25, 0.3) is 0 Å². The Hall–Kier alpha value is -2.66. The van der Waals surface area contributed by atoms with Gasteiger partial charge in [0.1, 0.15) is 6.04 Å². The van der Waals surface area contributed by atoms with E-state index in [2.05, 4.69) is 10.6 Å². The van der Waals surface area contributed by atoms with Crippen molar-refractivity contribution in [2.24, 2.45) is 5.92 Å². The second-order valence-corrected chi connectivity index (χ2v) is 6.71. The fourth-order valence-electron chi connectivity index (χ4n) is 2.92. The summed E-state index contributed by atoms with van der Waals surface area (Å²) in [7, 11) is 0. The number of hydrogen-bond acceptors (Lipinski definition) is 3. The predicted octanol–water partition coefficient (Wildman–Crippen LogP) is 2.49. The van der Waals surface area contributed by atoms with E-state index in [9.17, 15) is 14.7 Å². The van der Waals surface area contributed by atoms with Crippen LogP contribution in [0.25, 0.3) is 0 Å². The number of hydrogen-bond donors (Lipinski definition) is 3. The normalized spacial score (nSPS) is 15.7. The van der Waals surface area contributed by atoms with Crippen LogP contribution in [0.4, 0.5) is 0 Å². The summed E-state index contributed by atoms with van der Waals surface area (Å²) in [4.78, 5) is 25.2. The van der Waals surface area contributed by atoms with Crippen LogP contribution in [0, 0.1) is 5.92 Å². The number of nitrogens with one attached hydrogen (secondary N) is 2. The lowest BCUT2D eigenvalue weighted by molar-refractivity contribution is -0.130. The van der Waals surface area contributed by atoms with Gasteiger partial charge in [-0.3, -0.25) is 9.59 Å². The van der Waals surface area contributed by atoms with Crippen LogP contribution < -0.4 is 10.6 Å². The first-order chi connectivity index (χ1) is 12.7. The van der Waals surface area contributed by atoms with Gasteiger partial charge < -0.3 is 15.7 Å². The van der Waals surface area contributed by atoms with Crippen molar-refractivity contribution in [3.05, 3.63) is 71.8 Å². The summed E-state index contributed by atoms with van der Waals surface area (Å²) >= 11 is 0. The molecule has 0 radical (unpaired) electrons. The van der Waals surface area contributed by atoms with E-state index < -0.39 is 12.1 Å². The number of rotatable bonds is 8. The molecule has 0 aromatic heterocycles. The van der Waals surface area contributed by atoms with Crippen molar-refractivity contribution < 1.29 is 14.7 Å². The summed E-state index contributed by atoms with van der Waals surface area (Å²) in [6.45, 7) is -0.215. The van der Waals surface area contributed by atoms with Crippen molar-refractivity contribution in [1.82, 2.24) is 10.6 Å². The van der Waals surface area contributed by atoms with Crippen molar-refractivity contribution in [3.8, 4) is 0 Å². The van der Waals surface area contributed by atoms with Crippen molar-refractivity contribution >= 4 is 11.8 Å². The van der Waals surface area contributed by atoms with Gasteiger partial charge in [-0.15, -0.1) is 0 Å². The quantitative estimate of drug-likeness (QED) is 0.683. The maximum Gasteiger partial charge on any atom is 0.247 e. The standard InChI is InChI=1S/C21H24N2O3/c24-14-18(16-7-3-1-4-8-16)22-21(26)20(17-9-5-2-6-10-17)23-19(25)13-15-11-12-15/h1-10,15,18,20,24H,11-14H2,(H,22,26)(H,23,25)/t18-,20+/m1/s1. The number of amides is 2. The lowest BCUT2D eigenvalue weighted by Crippen LogP contribution is -2.42. The molecule has 0 unspecified atom stereocenters. The molecule has 3 rings (SSSR count). The van der Waals surface area contributed by atoms with E-state index in [4.69, 9.17) is 0 Å². The molecule has 1 fully saturated rings. The fraction of sp³-hybridized carbons (Fsp3) is 0.333. The number of carbonyl (C=O) groups excluding carboxylic acids is 2. The topological polar surface area (TPSA) is 78.4 Å². The van der Waals surface area contributed by atoms with Crippen molar-refractivity contribution in [1.29, 1.82) is 0 Å². The Kier molecular flexibility index (Phi) is 6.02. The summed E-state index contributed by atoms with van der Waals surface area (Å²) in [5.41, 5.74) is 1.54. The molecule has 26 heavy (non-hydrogen) atoms. The highest BCUT2D eigenvalue weighted by Gasteiger charge is 2.29. The van der Waals surface area contributed by atoms with Crippen LogP contribution in [-0.2, 0) is 9.59 Å². The highest BCUT2D eigenvalue weighted by Crippen LogP contribution is 2.32. The first kappa shape index (κ1) is 18.1. The van der Waals surface area contributed by atoms with Crippen molar-refractivity contribution in [2.75, 3.05) is 6.61 Å². The lowest BCUT2D eigenvalue weighted by atomic mass is 10.0. The predicted molar refractivity (Wildman–Crippen MR) is 99.1 cm³/mol. The average Bonchev–Trinajstić information content (AvgIpc) is 3.49. The second-order valence-electron chi connectivity index (χ2n) is 6.71. The molecule has 0 heterocycles. The fourth-order valence-corrected chi connectivity index (χ4v) is 2.92. The third kappa shape index (κ3) is 4.92. The Morgan fingerprint density at radius 2 is 1.50 bits per heavy atom. The van der Waals surface area contributed by atoms with Crippen molar-refractivity contribution in [3.63, 3.8) is 0 Å². The number of aliphatic hydroxyl groups is 1. The summed E-state index contributed by atoms with van der Waals surface area (Å²) in [6, 6.07) is 17.2. The van der Waals surface area contributed by atoms with Gasteiger partial charge in [-0.05, 0) is 29.9 Å². The third-order valence-electron chi connectivity index (χ3n) is 4.57. The Morgan fingerprint density at radius 3 is 2.04 bits per heavy atom. The summed E-state index contributed by atoms with van der Waals surface area (Å²) in [5.74, 6) is 0.00371. The molecule has 2 atom stereocenters. The molecule has 1 aliphatic carbocycles. The van der Waals surface area contributed by atoms with Crippen molar-refractivity contribution in [2.45, 2.75) is 31.3 Å². The zero-order chi connectivity index (χ0) is 18.4. The molecular formula is C21H24N2O3. The molecule has 1 aliphatic rings. The minimum absolute atomic E-state index is 0.114. The van der Waals surface area contributed by atoms with Gasteiger partial charge >= 0.3 is 0 Å². The van der Waals surface area contributed by atoms with E-state index in [1.165, 1.54) is 0 Å². The molecule has 2 aromatic rings. The summed E-state index contributed by atoms with van der Waals surface area (Å²) in [6.07, 6.45) is 2.62. The maximum atomic E-state index is 12.9. The zero-order valence-corrected chi connectivity index (χ0v) is 14.6. The average molecular weight is 352 g/mol. The smallest absolute Gasteiger partial charge is 0.247 e. The molecule has 0 aliphatic heterocycles. The minimum atomic E-state index is -0.778. The molecule has 5 heteroatoms. The highest BCUT2D eigenvalue weighted by molar-refractivity contribution is 5.89. The van der Waals surface area contributed by atoms with E-state index in [0.29, 0.717) is 12.3 Å². The molecule has 0 saturated heterocycles. The van der Waals surface area contributed by atoms with Gasteiger partial charge in [0, 0.05) is 6.42 Å². The van der Waals surface area contributed by atoms with Crippen LogP contribution in [-0.4, -0.2) is 23.5 Å². The second kappa shape index (κ2) is 8.63. The molecule has 2 aromatic carbocycles. The third-order valence-corrected chi connectivity index (χ3v) is 4.57. The molecule has 3 N–H and O–H groups in total. The van der Waals surface area contributed by atoms with Gasteiger partial charge in [0.15, 0.2) is 0 Å². The molecule has 0 bridgehead atoms. The molecular weight excluding hydrogens is 328 g/mol. The van der Waals surface area contributed by atoms with E-state index in [1.807, 2.05) is 60.7 Å². The van der Waals surface area contributed by atoms with Crippen LogP contribution in [0.1, 0.15) is 42.5 Å². The maximum absolute atomic E-state index is 12.9. The van der Waals surface area contributed by atoms with Crippen LogP contribution in [0.5, 0.6) is 0 Å². The first-order valence-electron chi connectivity index (χ1n) is 8.98. The summed E-state index contributed by atoms with van der Waals surface area (Å²) < 4.78 is 0. The number of carbonyl (C=O) groups is 2. The monoisotopic (exact) mass is 352 g/mol. The van der Waals surface area contributed by atoms with E-state index in [1.54, 1.807) is 0 Å². The molecule has 2 amide bonds. The molecule has 0 spiro atoms. The Labute approximate surface area is 153 Å². The number of benzene rings is 2. The van der Waals surface area contributed by atoms with Gasteiger partial charge in [-0.1, -0.05) is 60.7 Å². The van der Waals surface area contributed by atoms with Gasteiger partial charge in [-0.25, -0.2) is 0 Å². The number of aliphatic hydroxyl groups excluding tert-OH is 1. The van der Waals surface area contributed by atoms with Gasteiger partial charge in [-0.2, -0.15) is 0 Å². The van der Waals surface area contributed by atoms with Gasteiger partial charge in [0.05, 0.1) is 12.6 Å². The van der Waals surface area contributed by atoms with E-state index in [0.717, 1.165) is 24.0 Å². The molecule has 5 nitrogen and oxygen atoms in total. The van der Waals surface area contributed by atoms with E-state index >= 15 is 0 Å². The van der Waals surface area contributed by atoms with Crippen LogP contribution in [0.3, 0.4) is 0 Å². The first-order valence-corrected chi connectivity index (χ1v) is 8.98. The van der Waals surface area contributed by atoms with Crippen LogP contribution in [0.15, 0.2) is 60.7 Å². The summed E-state index contributed by atoms with van der Waals surface area (Å²) in [5, 5.41) is 15.4. The van der Waals surface area contributed by atoms with Crippen LogP contribution >= 0.6 is 0 Å². The zero-order valence-electron chi connectivity index (χ0n) is 14.6. The Balaban J connectivity index is 1.74. The molecule has 136 valence electrons. The SMILES string of the molecule is O=C(CC1CC1)N[C@H](C(=O)N[C@H](CO)c1ccccc1)c1ccccc1. The molecule has 1 saturated carbocycles. The highest BCUT2D eigenvalue weighted by atomic mass is 16.3. The Morgan fingerprint density at radius 1 is 0.923 bits per heavy atom. The van der Waals surface area contributed by atoms with Gasteiger partial charge in [0.2, 0.25) is 11.8 Å². The lowest BCUT2D eigenvalue weighted by Gasteiger charge is -2.23. The largest absolute Gasteiger partial charge is 0.394 e.